The van der Waals surface area contributed by atoms with Crippen molar-refractivity contribution in [2.45, 2.75) is 11.3 Å². The Morgan fingerprint density at radius 1 is 1.11 bits per heavy atom. The van der Waals surface area contributed by atoms with Crippen LogP contribution in [0.4, 0.5) is 10.1 Å². The normalized spacial score (nSPS) is 11.6. The van der Waals surface area contributed by atoms with Gasteiger partial charge in [0.05, 0.1) is 11.3 Å². The van der Waals surface area contributed by atoms with Crippen LogP contribution >= 0.6 is 11.6 Å². The predicted octanol–water partition coefficient (Wildman–Crippen LogP) is 5.28. The van der Waals surface area contributed by atoms with E-state index in [0.717, 1.165) is 0 Å². The number of sulfonamides is 1. The van der Waals surface area contributed by atoms with E-state index in [1.807, 2.05) is 0 Å². The molecule has 0 atom stereocenters. The van der Waals surface area contributed by atoms with Crippen LogP contribution < -0.4 is 10.1 Å². The van der Waals surface area contributed by atoms with E-state index < -0.39 is 21.7 Å². The quantitative estimate of drug-likeness (QED) is 0.241. The number of nitrogens with zero attached hydrogens (tertiary/aromatic N) is 3. The second-order valence-electron chi connectivity index (χ2n) is 8.22. The zero-order valence-electron chi connectivity index (χ0n) is 19.9. The van der Waals surface area contributed by atoms with Crippen molar-refractivity contribution in [2.75, 3.05) is 19.4 Å². The third kappa shape index (κ3) is 6.41. The summed E-state index contributed by atoms with van der Waals surface area (Å²) in [7, 11) is -0.899. The summed E-state index contributed by atoms with van der Waals surface area (Å²) in [6.45, 7) is 0. The number of amides is 1. The number of ether oxygens (including phenoxy) is 1. The Balaban J connectivity index is 1.80. The van der Waals surface area contributed by atoms with Gasteiger partial charge in [-0.25, -0.2) is 9.37 Å². The zero-order valence-corrected chi connectivity index (χ0v) is 21.4. The first-order valence-electron chi connectivity index (χ1n) is 11.0. The molecule has 0 aliphatic heterocycles. The van der Waals surface area contributed by atoms with Gasteiger partial charge < -0.3 is 15.0 Å². The molecule has 4 rings (SSSR count). The number of fused-ring (bicyclic) bond motifs is 1. The van der Waals surface area contributed by atoms with Crippen molar-refractivity contribution in [1.29, 1.82) is 0 Å². The van der Waals surface area contributed by atoms with Crippen molar-refractivity contribution in [1.82, 2.24) is 9.88 Å². The van der Waals surface area contributed by atoms with Crippen molar-refractivity contribution in [3.63, 3.8) is 0 Å². The fourth-order valence-electron chi connectivity index (χ4n) is 3.44. The Labute approximate surface area is 218 Å². The van der Waals surface area contributed by atoms with Gasteiger partial charge in [0.15, 0.2) is 0 Å². The largest absolute Gasteiger partial charge is 0.438 e. The number of pyridine rings is 1. The molecule has 1 heterocycles. The number of halogens is 2. The maximum Gasteiger partial charge on any atom is 0.284 e. The molecule has 37 heavy (non-hydrogen) atoms. The number of benzene rings is 3. The highest BCUT2D eigenvalue weighted by Crippen LogP contribution is 2.35. The van der Waals surface area contributed by atoms with Crippen molar-refractivity contribution in [2.24, 2.45) is 4.40 Å². The van der Waals surface area contributed by atoms with E-state index >= 15 is 0 Å². The molecule has 3 aromatic carbocycles. The van der Waals surface area contributed by atoms with Crippen LogP contribution in [0.1, 0.15) is 5.56 Å². The fraction of sp³-hybridized carbons (Fsp3) is 0.115. The Hall–Kier alpha value is -4.02. The van der Waals surface area contributed by atoms with E-state index in [1.165, 1.54) is 53.8 Å². The molecule has 0 saturated heterocycles. The summed E-state index contributed by atoms with van der Waals surface area (Å²) in [6, 6.07) is 16.6. The van der Waals surface area contributed by atoms with E-state index in [2.05, 4.69) is 14.7 Å². The molecule has 0 spiro atoms. The van der Waals surface area contributed by atoms with Crippen LogP contribution in [0, 0.1) is 5.82 Å². The number of nitrogens with one attached hydrogen (secondary N) is 1. The number of carbonyl (C=O) groups excluding carboxylic acids is 1. The molecular formula is C26H22ClFN4O4S. The Morgan fingerprint density at radius 3 is 2.54 bits per heavy atom. The van der Waals surface area contributed by atoms with Gasteiger partial charge in [-0.2, -0.15) is 8.42 Å². The van der Waals surface area contributed by atoms with Gasteiger partial charge in [0.2, 0.25) is 11.8 Å². The van der Waals surface area contributed by atoms with Crippen LogP contribution in [-0.2, 0) is 21.2 Å². The number of anilines is 1. The molecule has 1 aromatic heterocycles. The highest BCUT2D eigenvalue weighted by molar-refractivity contribution is 7.90. The molecule has 0 radical (unpaired) electrons. The predicted molar refractivity (Wildman–Crippen MR) is 141 cm³/mol. The van der Waals surface area contributed by atoms with Gasteiger partial charge in [0.1, 0.15) is 17.9 Å². The summed E-state index contributed by atoms with van der Waals surface area (Å²) < 4.78 is 49.3. The first kappa shape index (κ1) is 26.1. The highest BCUT2D eigenvalue weighted by Gasteiger charge is 2.21. The number of aromatic nitrogens is 1. The van der Waals surface area contributed by atoms with Crippen LogP contribution in [0.5, 0.6) is 11.6 Å². The molecular weight excluding hydrogens is 519 g/mol. The molecule has 4 aromatic rings. The van der Waals surface area contributed by atoms with E-state index in [9.17, 15) is 17.6 Å². The van der Waals surface area contributed by atoms with Gasteiger partial charge in [0, 0.05) is 41.8 Å². The molecule has 11 heteroatoms. The van der Waals surface area contributed by atoms with Crippen molar-refractivity contribution >= 4 is 50.3 Å². The highest BCUT2D eigenvalue weighted by atomic mass is 35.5. The summed E-state index contributed by atoms with van der Waals surface area (Å²) in [5, 5.41) is 3.76. The Kier molecular flexibility index (Phi) is 7.70. The van der Waals surface area contributed by atoms with E-state index in [0.29, 0.717) is 21.7 Å². The van der Waals surface area contributed by atoms with Crippen molar-refractivity contribution in [3.8, 4) is 11.6 Å². The van der Waals surface area contributed by atoms with Crippen molar-refractivity contribution in [3.05, 3.63) is 89.3 Å². The first-order valence-corrected chi connectivity index (χ1v) is 12.8. The number of rotatable bonds is 8. The van der Waals surface area contributed by atoms with Gasteiger partial charge >= 0.3 is 0 Å². The SMILES string of the molecule is CN(C)/C=N\S(=O)(=O)c1cc(NC(=O)Cc2ccccc2Cl)cc2c(Oc3ccc(F)cc3)nccc12. The summed E-state index contributed by atoms with van der Waals surface area (Å²) in [5.41, 5.74) is 0.813. The van der Waals surface area contributed by atoms with Crippen molar-refractivity contribution < 1.29 is 22.3 Å². The third-order valence-corrected chi connectivity index (χ3v) is 6.76. The molecule has 8 nitrogen and oxygen atoms in total. The Morgan fingerprint density at radius 2 is 1.84 bits per heavy atom. The van der Waals surface area contributed by atoms with Crippen LogP contribution in [0.3, 0.4) is 0 Å². The minimum Gasteiger partial charge on any atom is -0.438 e. The van der Waals surface area contributed by atoms with E-state index in [4.69, 9.17) is 16.3 Å². The molecule has 1 amide bonds. The molecule has 0 fully saturated rings. The molecule has 0 unspecified atom stereocenters. The fourth-order valence-corrected chi connectivity index (χ4v) is 4.80. The molecule has 0 saturated carbocycles. The number of hydrogen-bond donors (Lipinski definition) is 1. The molecule has 0 bridgehead atoms. The average molecular weight is 541 g/mol. The van der Waals surface area contributed by atoms with Gasteiger partial charge in [-0.05, 0) is 54.1 Å². The maximum atomic E-state index is 13.3. The first-order chi connectivity index (χ1) is 17.6. The van der Waals surface area contributed by atoms with Crippen LogP contribution in [0.25, 0.3) is 10.8 Å². The summed E-state index contributed by atoms with van der Waals surface area (Å²) in [4.78, 5) is 18.4. The summed E-state index contributed by atoms with van der Waals surface area (Å²) >= 11 is 6.17. The molecule has 1 N–H and O–H groups in total. The Bertz CT molecular complexity index is 1590. The van der Waals surface area contributed by atoms with Crippen LogP contribution in [0.15, 0.2) is 82.2 Å². The molecule has 190 valence electrons. The minimum absolute atomic E-state index is 0.0233. The summed E-state index contributed by atoms with van der Waals surface area (Å²) in [6.07, 6.45) is 2.54. The third-order valence-electron chi connectivity index (χ3n) is 5.12. The molecule has 0 aliphatic rings. The standard InChI is InChI=1S/C26H22ClFN4O4S/c1-32(2)16-30-37(34,35)24-15-19(31-25(33)13-17-5-3-4-6-23(17)27)14-22-21(24)11-12-29-26(22)36-20-9-7-18(28)8-10-20/h3-12,14-16H,13H2,1-2H3,(H,31,33)/b30-16-. The van der Waals surface area contributed by atoms with Crippen LogP contribution in [-0.4, -0.2) is 44.6 Å². The number of hydrogen-bond acceptors (Lipinski definition) is 5. The maximum absolute atomic E-state index is 13.3. The summed E-state index contributed by atoms with van der Waals surface area (Å²) in [5.74, 6) is -0.477. The minimum atomic E-state index is -4.18. The monoisotopic (exact) mass is 540 g/mol. The number of carbonyl (C=O) groups is 1. The van der Waals surface area contributed by atoms with Gasteiger partial charge in [-0.1, -0.05) is 29.8 Å². The lowest BCUT2D eigenvalue weighted by Crippen LogP contribution is -2.15. The van der Waals surface area contributed by atoms with E-state index in [1.54, 1.807) is 44.4 Å². The van der Waals surface area contributed by atoms with Gasteiger partial charge in [-0.3, -0.25) is 4.79 Å². The van der Waals surface area contributed by atoms with Crippen LogP contribution in [0.2, 0.25) is 5.02 Å². The average Bonchev–Trinajstić information content (AvgIpc) is 2.85. The molecule has 0 aliphatic carbocycles. The second kappa shape index (κ2) is 10.9. The lowest BCUT2D eigenvalue weighted by atomic mass is 10.1. The lowest BCUT2D eigenvalue weighted by molar-refractivity contribution is -0.115. The van der Waals surface area contributed by atoms with Gasteiger partial charge in [-0.15, -0.1) is 4.40 Å². The smallest absolute Gasteiger partial charge is 0.284 e. The second-order valence-corrected chi connectivity index (χ2v) is 10.2. The topological polar surface area (TPSA) is 101 Å². The lowest BCUT2D eigenvalue weighted by Gasteiger charge is -2.14. The van der Waals surface area contributed by atoms with E-state index in [-0.39, 0.29) is 28.3 Å². The zero-order chi connectivity index (χ0) is 26.6. The van der Waals surface area contributed by atoms with Gasteiger partial charge in [0.25, 0.3) is 10.0 Å².